The Labute approximate surface area is 125 Å². The smallest absolute Gasteiger partial charge is 0.199 e. The Morgan fingerprint density at radius 2 is 1.53 bits per heavy atom. The summed E-state index contributed by atoms with van der Waals surface area (Å²) in [5.41, 5.74) is 0.782. The summed E-state index contributed by atoms with van der Waals surface area (Å²) in [7, 11) is -3.42. The van der Waals surface area contributed by atoms with Gasteiger partial charge in [-0.15, -0.1) is 0 Å². The molecule has 0 bridgehead atoms. The van der Waals surface area contributed by atoms with Crippen molar-refractivity contribution in [2.45, 2.75) is 4.90 Å². The van der Waals surface area contributed by atoms with Gasteiger partial charge in [-0.3, -0.25) is 0 Å². The fourth-order valence-electron chi connectivity index (χ4n) is 1.44. The monoisotopic (exact) mass is 356 g/mol. The third kappa shape index (κ3) is 3.93. The highest BCUT2D eigenvalue weighted by Gasteiger charge is 2.09. The molecule has 2 aromatic rings. The van der Waals surface area contributed by atoms with E-state index in [1.54, 1.807) is 54.6 Å². The minimum Gasteiger partial charge on any atom is -0.219 e. The largest absolute Gasteiger partial charge is 0.219 e. The minimum absolute atomic E-state index is 0.265. The second-order valence-corrected chi connectivity index (χ2v) is 7.04. The van der Waals surface area contributed by atoms with E-state index in [0.29, 0.717) is 5.02 Å². The van der Waals surface area contributed by atoms with Gasteiger partial charge in [0.25, 0.3) is 0 Å². The molecule has 0 amide bonds. The predicted molar refractivity (Wildman–Crippen MR) is 81.8 cm³/mol. The molecular formula is C14H10BrClO2S. The molecule has 2 aromatic carbocycles. The molecule has 0 atom stereocenters. The molecule has 0 N–H and O–H groups in total. The highest BCUT2D eigenvalue weighted by Crippen LogP contribution is 2.18. The van der Waals surface area contributed by atoms with Crippen LogP contribution in [0.15, 0.2) is 63.3 Å². The molecule has 0 aliphatic rings. The van der Waals surface area contributed by atoms with Crippen LogP contribution in [0.1, 0.15) is 5.56 Å². The van der Waals surface area contributed by atoms with Crippen LogP contribution in [0.25, 0.3) is 6.08 Å². The summed E-state index contributed by atoms with van der Waals surface area (Å²) in [5.74, 6) is 0. The Bertz CT molecular complexity index is 689. The first kappa shape index (κ1) is 14.3. The molecule has 0 saturated carbocycles. The van der Waals surface area contributed by atoms with Crippen molar-refractivity contribution in [3.8, 4) is 0 Å². The quantitative estimate of drug-likeness (QED) is 0.807. The van der Waals surface area contributed by atoms with E-state index in [-0.39, 0.29) is 4.90 Å². The van der Waals surface area contributed by atoms with Crippen LogP contribution in [0.5, 0.6) is 0 Å². The van der Waals surface area contributed by atoms with Crippen molar-refractivity contribution >= 4 is 43.4 Å². The summed E-state index contributed by atoms with van der Waals surface area (Å²) >= 11 is 9.03. The van der Waals surface area contributed by atoms with E-state index in [0.717, 1.165) is 10.0 Å². The lowest BCUT2D eigenvalue weighted by Gasteiger charge is -1.99. The van der Waals surface area contributed by atoms with E-state index in [4.69, 9.17) is 11.6 Å². The van der Waals surface area contributed by atoms with Crippen molar-refractivity contribution in [2.24, 2.45) is 0 Å². The van der Waals surface area contributed by atoms with Crippen molar-refractivity contribution < 1.29 is 8.42 Å². The summed E-state index contributed by atoms with van der Waals surface area (Å²) in [6, 6.07) is 13.5. The zero-order valence-electron chi connectivity index (χ0n) is 9.75. The van der Waals surface area contributed by atoms with Crippen LogP contribution >= 0.6 is 27.5 Å². The molecule has 5 heteroatoms. The second kappa shape index (κ2) is 5.90. The number of benzene rings is 2. The first-order valence-electron chi connectivity index (χ1n) is 5.42. The standard InChI is InChI=1S/C14H10BrClO2S/c15-12-3-7-14(8-4-12)19(17,18)10-9-11-1-5-13(16)6-2-11/h1-10H. The van der Waals surface area contributed by atoms with Gasteiger partial charge in [0, 0.05) is 14.9 Å². The summed E-state index contributed by atoms with van der Waals surface area (Å²) < 4.78 is 25.0. The van der Waals surface area contributed by atoms with Crippen molar-refractivity contribution in [1.82, 2.24) is 0 Å². The molecule has 0 aliphatic heterocycles. The molecule has 2 nitrogen and oxygen atoms in total. The van der Waals surface area contributed by atoms with Gasteiger partial charge in [-0.25, -0.2) is 8.42 Å². The fraction of sp³-hybridized carbons (Fsp3) is 0. The van der Waals surface area contributed by atoms with Crippen LogP contribution in [-0.2, 0) is 9.84 Å². The lowest BCUT2D eigenvalue weighted by molar-refractivity contribution is 0.605. The fourth-order valence-corrected chi connectivity index (χ4v) is 2.84. The molecule has 0 spiro atoms. The van der Waals surface area contributed by atoms with Gasteiger partial charge in [-0.2, -0.15) is 0 Å². The number of sulfone groups is 1. The van der Waals surface area contributed by atoms with Crippen molar-refractivity contribution in [2.75, 3.05) is 0 Å². The molecule has 0 aliphatic carbocycles. The molecule has 98 valence electrons. The summed E-state index contributed by atoms with van der Waals surface area (Å²) in [5, 5.41) is 1.81. The third-order valence-electron chi connectivity index (χ3n) is 2.45. The van der Waals surface area contributed by atoms with Crippen LogP contribution in [0.3, 0.4) is 0 Å². The Morgan fingerprint density at radius 3 is 2.11 bits per heavy atom. The third-order valence-corrected chi connectivity index (χ3v) is 4.66. The van der Waals surface area contributed by atoms with Crippen LogP contribution in [0, 0.1) is 0 Å². The lowest BCUT2D eigenvalue weighted by atomic mass is 10.2. The predicted octanol–water partition coefficient (Wildman–Crippen LogP) is 4.55. The maximum atomic E-state index is 12.1. The van der Waals surface area contributed by atoms with E-state index < -0.39 is 9.84 Å². The lowest BCUT2D eigenvalue weighted by Crippen LogP contribution is -1.95. The minimum atomic E-state index is -3.42. The Hall–Kier alpha value is -1.10. The van der Waals surface area contributed by atoms with Gasteiger partial charge in [0.1, 0.15) is 0 Å². The zero-order chi connectivity index (χ0) is 13.9. The molecule has 19 heavy (non-hydrogen) atoms. The topological polar surface area (TPSA) is 34.1 Å². The molecule has 0 radical (unpaired) electrons. The van der Waals surface area contributed by atoms with Crippen molar-refractivity contribution in [3.05, 3.63) is 69.0 Å². The Balaban J connectivity index is 2.26. The normalized spacial score (nSPS) is 11.9. The number of halogens is 2. The van der Waals surface area contributed by atoms with Crippen LogP contribution in [-0.4, -0.2) is 8.42 Å². The average Bonchev–Trinajstić information content (AvgIpc) is 2.39. The maximum Gasteiger partial charge on any atom is 0.199 e. The Morgan fingerprint density at radius 1 is 0.947 bits per heavy atom. The van der Waals surface area contributed by atoms with E-state index in [2.05, 4.69) is 15.9 Å². The molecule has 0 unspecified atom stereocenters. The van der Waals surface area contributed by atoms with Gasteiger partial charge >= 0.3 is 0 Å². The average molecular weight is 358 g/mol. The number of rotatable bonds is 3. The molecule has 2 rings (SSSR count). The van der Waals surface area contributed by atoms with Crippen LogP contribution in [0.2, 0.25) is 5.02 Å². The van der Waals surface area contributed by atoms with E-state index in [1.165, 1.54) is 5.41 Å². The van der Waals surface area contributed by atoms with Crippen LogP contribution in [0.4, 0.5) is 0 Å². The van der Waals surface area contributed by atoms with Gasteiger partial charge < -0.3 is 0 Å². The van der Waals surface area contributed by atoms with E-state index in [9.17, 15) is 8.42 Å². The molecule has 0 heterocycles. The number of hydrogen-bond acceptors (Lipinski definition) is 2. The summed E-state index contributed by atoms with van der Waals surface area (Å²) in [6.45, 7) is 0. The van der Waals surface area contributed by atoms with Gasteiger partial charge in [-0.05, 0) is 48.0 Å². The van der Waals surface area contributed by atoms with Gasteiger partial charge in [-0.1, -0.05) is 39.7 Å². The highest BCUT2D eigenvalue weighted by atomic mass is 79.9. The molecule has 0 aromatic heterocycles. The summed E-state index contributed by atoms with van der Waals surface area (Å²) in [6.07, 6.45) is 1.55. The molecule has 0 fully saturated rings. The van der Waals surface area contributed by atoms with Gasteiger partial charge in [0.05, 0.1) is 4.90 Å². The van der Waals surface area contributed by atoms with Crippen LogP contribution < -0.4 is 0 Å². The van der Waals surface area contributed by atoms with E-state index in [1.807, 2.05) is 0 Å². The van der Waals surface area contributed by atoms with Crippen molar-refractivity contribution in [1.29, 1.82) is 0 Å². The first-order chi connectivity index (χ1) is 8.97. The maximum absolute atomic E-state index is 12.1. The number of hydrogen-bond donors (Lipinski definition) is 0. The van der Waals surface area contributed by atoms with Gasteiger partial charge in [0.2, 0.25) is 0 Å². The van der Waals surface area contributed by atoms with E-state index >= 15 is 0 Å². The Kier molecular flexibility index (Phi) is 4.45. The SMILES string of the molecule is O=S(=O)(C=Cc1ccc(Cl)cc1)c1ccc(Br)cc1. The second-order valence-electron chi connectivity index (χ2n) is 3.85. The molecule has 0 saturated heterocycles. The molecular weight excluding hydrogens is 348 g/mol. The first-order valence-corrected chi connectivity index (χ1v) is 8.13. The summed E-state index contributed by atoms with van der Waals surface area (Å²) in [4.78, 5) is 0.265. The van der Waals surface area contributed by atoms with Gasteiger partial charge in [0.15, 0.2) is 9.84 Å². The highest BCUT2D eigenvalue weighted by molar-refractivity contribution is 9.10. The zero-order valence-corrected chi connectivity index (χ0v) is 12.9. The van der Waals surface area contributed by atoms with Crippen molar-refractivity contribution in [3.63, 3.8) is 0 Å².